The molecule has 3 aliphatic heterocycles. The van der Waals surface area contributed by atoms with Gasteiger partial charge >= 0.3 is 0 Å². The molecule has 4 rings (SSSR count). The summed E-state index contributed by atoms with van der Waals surface area (Å²) in [5.74, 6) is -0.213. The van der Waals surface area contributed by atoms with E-state index in [1.165, 1.54) is 5.56 Å². The van der Waals surface area contributed by atoms with Crippen molar-refractivity contribution in [1.82, 2.24) is 15.1 Å². The van der Waals surface area contributed by atoms with Gasteiger partial charge in [0.1, 0.15) is 30.9 Å². The largest absolute Gasteiger partial charge is 0.377 e. The van der Waals surface area contributed by atoms with E-state index in [1.807, 2.05) is 38.1 Å². The molecule has 0 saturated carbocycles. The number of ether oxygens (including phenoxy) is 2. The molecule has 5 atom stereocenters. The van der Waals surface area contributed by atoms with Crippen LogP contribution in [0.5, 0.6) is 0 Å². The molecule has 3 fully saturated rings. The average molecular weight is 472 g/mol. The van der Waals surface area contributed by atoms with Gasteiger partial charge in [-0.3, -0.25) is 14.4 Å². The van der Waals surface area contributed by atoms with E-state index < -0.39 is 18.2 Å². The molecule has 0 unspecified atom stereocenters. The van der Waals surface area contributed by atoms with Gasteiger partial charge in [-0.25, -0.2) is 0 Å². The number of nitrogens with zero attached hydrogens (tertiary/aromatic N) is 2. The monoisotopic (exact) mass is 471 g/mol. The average Bonchev–Trinajstić information content (AvgIpc) is 3.42. The molecule has 0 bridgehead atoms. The van der Waals surface area contributed by atoms with Crippen LogP contribution in [0.15, 0.2) is 24.3 Å². The predicted octanol–water partition coefficient (Wildman–Crippen LogP) is 1.83. The number of likely N-dealkylation sites (tertiary alicyclic amines) is 2. The van der Waals surface area contributed by atoms with Gasteiger partial charge < -0.3 is 24.6 Å². The highest BCUT2D eigenvalue weighted by atomic mass is 16.5. The van der Waals surface area contributed by atoms with Crippen LogP contribution in [-0.2, 0) is 19.1 Å². The lowest BCUT2D eigenvalue weighted by molar-refractivity contribution is -0.139. The summed E-state index contributed by atoms with van der Waals surface area (Å²) in [6.45, 7) is 6.37. The van der Waals surface area contributed by atoms with E-state index >= 15 is 0 Å². The topological polar surface area (TPSA) is 88.2 Å². The van der Waals surface area contributed by atoms with E-state index in [-0.39, 0.29) is 42.8 Å². The number of ketones is 1. The van der Waals surface area contributed by atoms with Crippen molar-refractivity contribution in [3.05, 3.63) is 35.4 Å². The second kappa shape index (κ2) is 10.5. The van der Waals surface area contributed by atoms with Crippen LogP contribution in [0.25, 0.3) is 0 Å². The number of rotatable bonds is 7. The summed E-state index contributed by atoms with van der Waals surface area (Å²) in [4.78, 5) is 43.1. The number of benzene rings is 1. The predicted molar refractivity (Wildman–Crippen MR) is 128 cm³/mol. The van der Waals surface area contributed by atoms with E-state index in [1.54, 1.807) is 12.0 Å². The second-order valence-corrected chi connectivity index (χ2v) is 9.99. The molecule has 3 heterocycles. The molecular formula is C26H37N3O5. The number of methoxy groups -OCH3 is 1. The van der Waals surface area contributed by atoms with Crippen molar-refractivity contribution in [1.29, 1.82) is 0 Å². The molecule has 1 aromatic rings. The Balaban J connectivity index is 1.46. The third-order valence-corrected chi connectivity index (χ3v) is 7.85. The molecule has 1 aromatic carbocycles. The lowest BCUT2D eigenvalue weighted by Gasteiger charge is -2.30. The number of carbonyl (C=O) groups excluding carboxylic acids is 3. The molecule has 34 heavy (non-hydrogen) atoms. The number of nitrogens with one attached hydrogen (secondary N) is 1. The first kappa shape index (κ1) is 24.8. The van der Waals surface area contributed by atoms with Crippen LogP contribution in [0, 0.1) is 5.92 Å². The van der Waals surface area contributed by atoms with E-state index in [2.05, 4.69) is 17.3 Å². The zero-order chi connectivity index (χ0) is 24.4. The summed E-state index contributed by atoms with van der Waals surface area (Å²) < 4.78 is 11.1. The zero-order valence-corrected chi connectivity index (χ0v) is 20.7. The SMILES string of the molecule is CC[C@H](C)[C@H](NC(=O)c1ccc(C2CCN(C)CC2)cc1)C(=O)N1C[C@H](OC)[C@H]2OCC(=O)[C@H]21. The molecule has 8 nitrogen and oxygen atoms in total. The number of hydrogen-bond donors (Lipinski definition) is 1. The zero-order valence-electron chi connectivity index (χ0n) is 20.7. The highest BCUT2D eigenvalue weighted by Crippen LogP contribution is 2.31. The smallest absolute Gasteiger partial charge is 0.251 e. The summed E-state index contributed by atoms with van der Waals surface area (Å²) in [5.41, 5.74) is 1.79. The minimum absolute atomic E-state index is 0.0110. The van der Waals surface area contributed by atoms with E-state index in [4.69, 9.17) is 9.47 Å². The quantitative estimate of drug-likeness (QED) is 0.653. The highest BCUT2D eigenvalue weighted by Gasteiger charge is 2.53. The summed E-state index contributed by atoms with van der Waals surface area (Å²) >= 11 is 0. The molecule has 0 aliphatic carbocycles. The Morgan fingerprint density at radius 1 is 1.21 bits per heavy atom. The number of fused-ring (bicyclic) bond motifs is 1. The highest BCUT2D eigenvalue weighted by molar-refractivity contribution is 5.99. The normalized spacial score (nSPS) is 27.5. The molecular weight excluding hydrogens is 434 g/mol. The Morgan fingerprint density at radius 3 is 2.50 bits per heavy atom. The van der Waals surface area contributed by atoms with Gasteiger partial charge in [-0.1, -0.05) is 32.4 Å². The Kier molecular flexibility index (Phi) is 7.70. The Labute approximate surface area is 201 Å². The molecule has 0 spiro atoms. The number of piperidine rings is 1. The van der Waals surface area contributed by atoms with Crippen LogP contribution in [0.1, 0.15) is 54.9 Å². The van der Waals surface area contributed by atoms with Crippen LogP contribution in [0.3, 0.4) is 0 Å². The van der Waals surface area contributed by atoms with Gasteiger partial charge in [0.25, 0.3) is 5.91 Å². The Bertz CT molecular complexity index is 896. The fourth-order valence-corrected chi connectivity index (χ4v) is 5.38. The lowest BCUT2D eigenvalue weighted by Crippen LogP contribution is -2.54. The molecule has 186 valence electrons. The van der Waals surface area contributed by atoms with E-state index in [9.17, 15) is 14.4 Å². The van der Waals surface area contributed by atoms with Crippen molar-refractivity contribution in [2.45, 2.75) is 63.3 Å². The Hall–Kier alpha value is -2.29. The van der Waals surface area contributed by atoms with Crippen molar-refractivity contribution in [3.63, 3.8) is 0 Å². The second-order valence-electron chi connectivity index (χ2n) is 9.99. The molecule has 8 heteroatoms. The van der Waals surface area contributed by atoms with Crippen molar-refractivity contribution >= 4 is 17.6 Å². The van der Waals surface area contributed by atoms with Gasteiger partial charge in [0.15, 0.2) is 5.78 Å². The summed E-state index contributed by atoms with van der Waals surface area (Å²) in [6.07, 6.45) is 2.17. The number of hydrogen-bond acceptors (Lipinski definition) is 6. The maximum Gasteiger partial charge on any atom is 0.251 e. The minimum atomic E-state index is -0.726. The molecule has 3 saturated heterocycles. The fraction of sp³-hybridized carbons (Fsp3) is 0.654. The minimum Gasteiger partial charge on any atom is -0.377 e. The Morgan fingerprint density at radius 2 is 1.88 bits per heavy atom. The maximum absolute atomic E-state index is 13.6. The van der Waals surface area contributed by atoms with Gasteiger partial charge in [0.05, 0.1) is 6.54 Å². The van der Waals surface area contributed by atoms with Crippen molar-refractivity contribution in [2.24, 2.45) is 5.92 Å². The van der Waals surface area contributed by atoms with Crippen LogP contribution in [-0.4, -0.2) is 92.1 Å². The summed E-state index contributed by atoms with van der Waals surface area (Å²) in [7, 11) is 3.71. The molecule has 0 radical (unpaired) electrons. The van der Waals surface area contributed by atoms with Crippen molar-refractivity contribution in [2.75, 3.05) is 40.4 Å². The number of amides is 2. The number of Topliss-reactive ketones (excluding diaryl/α,β-unsaturated/α-hetero) is 1. The first-order valence-corrected chi connectivity index (χ1v) is 12.4. The number of carbonyl (C=O) groups is 3. The van der Waals surface area contributed by atoms with Gasteiger partial charge in [0, 0.05) is 12.7 Å². The van der Waals surface area contributed by atoms with Crippen molar-refractivity contribution in [3.8, 4) is 0 Å². The van der Waals surface area contributed by atoms with Crippen LogP contribution < -0.4 is 5.32 Å². The lowest BCUT2D eigenvalue weighted by atomic mass is 9.89. The first-order chi connectivity index (χ1) is 16.3. The first-order valence-electron chi connectivity index (χ1n) is 12.4. The fourth-order valence-electron chi connectivity index (χ4n) is 5.38. The van der Waals surface area contributed by atoms with Gasteiger partial charge in [-0.2, -0.15) is 0 Å². The summed E-state index contributed by atoms with van der Waals surface area (Å²) in [6, 6.07) is 6.40. The van der Waals surface area contributed by atoms with Crippen molar-refractivity contribution < 1.29 is 23.9 Å². The third kappa shape index (κ3) is 4.90. The maximum atomic E-state index is 13.6. The van der Waals surface area contributed by atoms with E-state index in [0.29, 0.717) is 17.9 Å². The van der Waals surface area contributed by atoms with Gasteiger partial charge in [-0.05, 0) is 62.5 Å². The third-order valence-electron chi connectivity index (χ3n) is 7.85. The van der Waals surface area contributed by atoms with Crippen LogP contribution >= 0.6 is 0 Å². The summed E-state index contributed by atoms with van der Waals surface area (Å²) in [5, 5.41) is 2.96. The molecule has 3 aliphatic rings. The molecule has 0 aromatic heterocycles. The van der Waals surface area contributed by atoms with Crippen LogP contribution in [0.4, 0.5) is 0 Å². The van der Waals surface area contributed by atoms with Gasteiger partial charge in [-0.15, -0.1) is 0 Å². The standard InChI is InChI=1S/C26H37N3O5/c1-5-16(2)22(26(32)29-14-21(33-4)24-23(29)20(30)15-34-24)27-25(31)19-8-6-17(7-9-19)18-10-12-28(3)13-11-18/h6-9,16,18,21-24H,5,10-15H2,1-4H3,(H,27,31)/t16-,21-,22-,23+,24+/m0/s1. The molecule has 2 amide bonds. The van der Waals surface area contributed by atoms with Gasteiger partial charge in [0.2, 0.25) is 5.91 Å². The molecule has 1 N–H and O–H groups in total. The van der Waals surface area contributed by atoms with Crippen LogP contribution in [0.2, 0.25) is 0 Å². The van der Waals surface area contributed by atoms with E-state index in [0.717, 1.165) is 25.9 Å².